The number of aliphatic imine (C=N–C) groups is 1. The van der Waals surface area contributed by atoms with Gasteiger partial charge in [-0.05, 0) is 28.7 Å². The smallest absolute Gasteiger partial charge is 0.109 e. The van der Waals surface area contributed by atoms with Crippen molar-refractivity contribution in [2.75, 3.05) is 39.4 Å². The van der Waals surface area contributed by atoms with Gasteiger partial charge in [0.2, 0.25) is 0 Å². The number of fused-ring (bicyclic) bond motifs is 1. The van der Waals surface area contributed by atoms with Crippen molar-refractivity contribution in [2.45, 2.75) is 74.8 Å². The van der Waals surface area contributed by atoms with E-state index in [0.29, 0.717) is 5.92 Å². The largest absolute Gasteiger partial charge is 0.379 e. The van der Waals surface area contributed by atoms with E-state index in [4.69, 9.17) is 9.73 Å². The lowest BCUT2D eigenvalue weighted by atomic mass is 9.70. The van der Waals surface area contributed by atoms with Gasteiger partial charge in [0.1, 0.15) is 5.84 Å². The van der Waals surface area contributed by atoms with Crippen LogP contribution in [0.1, 0.15) is 68.7 Å². The van der Waals surface area contributed by atoms with Gasteiger partial charge in [-0.3, -0.25) is 9.89 Å². The van der Waals surface area contributed by atoms with Crippen LogP contribution in [0.4, 0.5) is 0 Å². The van der Waals surface area contributed by atoms with Crippen molar-refractivity contribution < 1.29 is 4.74 Å². The zero-order valence-corrected chi connectivity index (χ0v) is 19.9. The lowest BCUT2D eigenvalue weighted by Gasteiger charge is -2.45. The van der Waals surface area contributed by atoms with Crippen LogP contribution in [0.3, 0.4) is 0 Å². The first-order valence-electron chi connectivity index (χ1n) is 11.2. The van der Waals surface area contributed by atoms with Gasteiger partial charge in [-0.2, -0.15) is 0 Å². The SMILES string of the molecule is CC(C)(C)C1=N[C@@H](C(C)(C)C)C(C(C)(C)C)=C2C[C@@H](CN3CCOCC3)CN12. The van der Waals surface area contributed by atoms with Crippen LogP contribution in [0.25, 0.3) is 0 Å². The number of allylic oxidation sites excluding steroid dienone is 1. The quantitative estimate of drug-likeness (QED) is 0.678. The molecule has 3 aliphatic heterocycles. The highest BCUT2D eigenvalue weighted by atomic mass is 16.5. The summed E-state index contributed by atoms with van der Waals surface area (Å²) in [5.41, 5.74) is 3.46. The molecule has 0 aliphatic carbocycles. The molecule has 2 saturated heterocycles. The molecular weight excluding hydrogens is 346 g/mol. The summed E-state index contributed by atoms with van der Waals surface area (Å²) in [6.07, 6.45) is 1.19. The Bertz CT molecular complexity index is 636. The lowest BCUT2D eigenvalue weighted by Crippen LogP contribution is -2.47. The Morgan fingerprint density at radius 2 is 1.54 bits per heavy atom. The summed E-state index contributed by atoms with van der Waals surface area (Å²) in [5.74, 6) is 1.97. The molecule has 3 rings (SSSR count). The zero-order valence-electron chi connectivity index (χ0n) is 19.9. The van der Waals surface area contributed by atoms with Crippen LogP contribution >= 0.6 is 0 Å². The van der Waals surface area contributed by atoms with E-state index in [1.54, 1.807) is 11.3 Å². The van der Waals surface area contributed by atoms with E-state index in [0.717, 1.165) is 32.8 Å². The van der Waals surface area contributed by atoms with Crippen LogP contribution < -0.4 is 0 Å². The highest BCUT2D eigenvalue weighted by Gasteiger charge is 2.46. The first kappa shape index (κ1) is 21.8. The van der Waals surface area contributed by atoms with Gasteiger partial charge in [-0.25, -0.2) is 0 Å². The van der Waals surface area contributed by atoms with Gasteiger partial charge in [-0.1, -0.05) is 62.3 Å². The minimum Gasteiger partial charge on any atom is -0.379 e. The molecule has 2 fully saturated rings. The number of rotatable bonds is 2. The molecule has 0 aromatic heterocycles. The maximum atomic E-state index is 5.55. The molecule has 4 nitrogen and oxygen atoms in total. The van der Waals surface area contributed by atoms with Crippen molar-refractivity contribution in [3.05, 3.63) is 11.3 Å². The number of hydrogen-bond acceptors (Lipinski definition) is 4. The van der Waals surface area contributed by atoms with Crippen molar-refractivity contribution in [3.63, 3.8) is 0 Å². The molecule has 2 atom stereocenters. The normalized spacial score (nSPS) is 27.9. The zero-order chi connectivity index (χ0) is 20.9. The lowest BCUT2D eigenvalue weighted by molar-refractivity contribution is 0.0315. The maximum absolute atomic E-state index is 5.55. The van der Waals surface area contributed by atoms with Crippen LogP contribution in [0, 0.1) is 22.2 Å². The monoisotopic (exact) mass is 389 g/mol. The van der Waals surface area contributed by atoms with Gasteiger partial charge < -0.3 is 9.64 Å². The van der Waals surface area contributed by atoms with Crippen molar-refractivity contribution >= 4 is 5.84 Å². The summed E-state index contributed by atoms with van der Waals surface area (Å²) >= 11 is 0. The number of nitrogens with zero attached hydrogens (tertiary/aromatic N) is 3. The summed E-state index contributed by atoms with van der Waals surface area (Å²) in [6, 6.07) is 0.259. The first-order valence-corrected chi connectivity index (χ1v) is 11.2. The van der Waals surface area contributed by atoms with Crippen molar-refractivity contribution in [1.82, 2.24) is 9.80 Å². The van der Waals surface area contributed by atoms with E-state index in [1.807, 2.05) is 0 Å². The Balaban J connectivity index is 1.99. The molecular formula is C24H43N3O. The Morgan fingerprint density at radius 1 is 0.929 bits per heavy atom. The molecule has 160 valence electrons. The average Bonchev–Trinajstić information content (AvgIpc) is 2.93. The Kier molecular flexibility index (Phi) is 5.79. The predicted molar refractivity (Wildman–Crippen MR) is 119 cm³/mol. The van der Waals surface area contributed by atoms with E-state index in [-0.39, 0.29) is 22.3 Å². The third-order valence-corrected chi connectivity index (χ3v) is 6.26. The Morgan fingerprint density at radius 3 is 2.04 bits per heavy atom. The molecule has 0 aromatic rings. The second-order valence-corrected chi connectivity index (χ2v) is 12.2. The van der Waals surface area contributed by atoms with Gasteiger partial charge in [-0.15, -0.1) is 0 Å². The van der Waals surface area contributed by atoms with Crippen molar-refractivity contribution in [2.24, 2.45) is 27.2 Å². The molecule has 3 aliphatic rings. The summed E-state index contributed by atoms with van der Waals surface area (Å²) in [5, 5.41) is 0. The molecule has 0 radical (unpaired) electrons. The van der Waals surface area contributed by atoms with Crippen LogP contribution in [-0.4, -0.2) is 61.1 Å². The predicted octanol–water partition coefficient (Wildman–Crippen LogP) is 4.81. The van der Waals surface area contributed by atoms with Gasteiger partial charge in [0.15, 0.2) is 0 Å². The standard InChI is InChI=1S/C24H43N3O/c1-22(2,3)19-18-14-17(15-26-10-12-28-13-11-26)16-27(18)21(24(7,8)9)25-20(19)23(4,5)6/h17,20H,10-16H2,1-9H3/t17-,20+/m0/s1. The first-order chi connectivity index (χ1) is 12.8. The van der Waals surface area contributed by atoms with Gasteiger partial charge >= 0.3 is 0 Å². The number of ether oxygens (including phenoxy) is 1. The molecule has 4 heteroatoms. The second kappa shape index (κ2) is 7.43. The van der Waals surface area contributed by atoms with E-state index < -0.39 is 0 Å². The molecule has 0 saturated carbocycles. The van der Waals surface area contributed by atoms with Gasteiger partial charge in [0.25, 0.3) is 0 Å². The third-order valence-electron chi connectivity index (χ3n) is 6.26. The fourth-order valence-corrected chi connectivity index (χ4v) is 5.04. The Hall–Kier alpha value is -0.870. The summed E-state index contributed by atoms with van der Waals surface area (Å²) in [7, 11) is 0. The molecule has 0 aromatic carbocycles. The summed E-state index contributed by atoms with van der Waals surface area (Å²) in [4.78, 5) is 10.6. The Labute approximate surface area is 173 Å². The highest BCUT2D eigenvalue weighted by Crippen LogP contribution is 2.48. The van der Waals surface area contributed by atoms with Crippen LogP contribution in [0.15, 0.2) is 16.3 Å². The van der Waals surface area contributed by atoms with Gasteiger partial charge in [0, 0.05) is 37.3 Å². The van der Waals surface area contributed by atoms with Crippen molar-refractivity contribution in [3.8, 4) is 0 Å². The average molecular weight is 390 g/mol. The number of amidine groups is 1. The van der Waals surface area contributed by atoms with Crippen LogP contribution in [-0.2, 0) is 4.74 Å². The summed E-state index contributed by atoms with van der Waals surface area (Å²) in [6.45, 7) is 27.3. The third kappa shape index (κ3) is 4.48. The number of hydrogen-bond donors (Lipinski definition) is 0. The van der Waals surface area contributed by atoms with E-state index in [1.165, 1.54) is 18.8 Å². The molecule has 0 unspecified atom stereocenters. The maximum Gasteiger partial charge on any atom is 0.109 e. The molecule has 0 bridgehead atoms. The van der Waals surface area contributed by atoms with Crippen LogP contribution in [0.2, 0.25) is 0 Å². The van der Waals surface area contributed by atoms with Gasteiger partial charge in [0.05, 0.1) is 19.3 Å². The topological polar surface area (TPSA) is 28.1 Å². The van der Waals surface area contributed by atoms with Crippen LogP contribution in [0.5, 0.6) is 0 Å². The van der Waals surface area contributed by atoms with E-state index in [9.17, 15) is 0 Å². The fraction of sp³-hybridized carbons (Fsp3) is 0.875. The van der Waals surface area contributed by atoms with Crippen molar-refractivity contribution in [1.29, 1.82) is 0 Å². The molecule has 0 N–H and O–H groups in total. The van der Waals surface area contributed by atoms with E-state index >= 15 is 0 Å². The summed E-state index contributed by atoms with van der Waals surface area (Å²) < 4.78 is 5.55. The minimum atomic E-state index is 0.0615. The minimum absolute atomic E-state index is 0.0615. The number of morpholine rings is 1. The molecule has 0 amide bonds. The molecule has 0 spiro atoms. The molecule has 3 heterocycles. The second-order valence-electron chi connectivity index (χ2n) is 12.2. The molecule has 28 heavy (non-hydrogen) atoms. The highest BCUT2D eigenvalue weighted by molar-refractivity contribution is 5.90. The fourth-order valence-electron chi connectivity index (χ4n) is 5.04. The van der Waals surface area contributed by atoms with E-state index in [2.05, 4.69) is 72.1 Å².